The zero-order valence-corrected chi connectivity index (χ0v) is 16.1. The number of hydrogen-bond acceptors (Lipinski definition) is 5. The summed E-state index contributed by atoms with van der Waals surface area (Å²) in [5, 5.41) is 0.440. The zero-order chi connectivity index (χ0) is 18.8. The molecule has 1 amide bonds. The Kier molecular flexibility index (Phi) is 5.33. The third-order valence-electron chi connectivity index (χ3n) is 4.06. The van der Waals surface area contributed by atoms with Crippen molar-refractivity contribution in [2.75, 3.05) is 25.5 Å². The van der Waals surface area contributed by atoms with Crippen LogP contribution in [0.4, 0.5) is 5.69 Å². The number of ether oxygens (including phenoxy) is 2. The molecule has 2 atom stereocenters. The number of carbonyl (C=O) groups is 1. The van der Waals surface area contributed by atoms with E-state index in [0.717, 1.165) is 0 Å². The third kappa shape index (κ3) is 3.61. The topological polar surface area (TPSA) is 80.8 Å². The van der Waals surface area contributed by atoms with Gasteiger partial charge in [-0.2, -0.15) is 0 Å². The van der Waals surface area contributed by atoms with Crippen LogP contribution in [0.3, 0.4) is 0 Å². The summed E-state index contributed by atoms with van der Waals surface area (Å²) in [6, 6.07) is 6.36. The second kappa shape index (κ2) is 7.51. The number of nitrogens with one attached hydrogen (secondary N) is 1. The minimum absolute atomic E-state index is 0.0713. The Labute approximate surface area is 158 Å². The Morgan fingerprint density at radius 1 is 1.42 bits per heavy atom. The average molecular weight is 396 g/mol. The standard InChI is InChI=1S/C17H18ClN3O4S/c1-10-9-25-16-13(17(22)21(10)2)7-12(8-19-16)20-26(23)15-6-11(18)4-5-14(15)24-3/h4-8,10,20H,9H2,1-3H3/t10-,26?/m1/s1. The van der Waals surface area contributed by atoms with Crippen molar-refractivity contribution in [3.8, 4) is 11.6 Å². The van der Waals surface area contributed by atoms with Gasteiger partial charge in [-0.15, -0.1) is 0 Å². The number of likely N-dealkylation sites (N-methyl/N-ethyl adjacent to an activating group) is 1. The first kappa shape index (κ1) is 18.5. The van der Waals surface area contributed by atoms with Gasteiger partial charge in [-0.1, -0.05) is 11.6 Å². The lowest BCUT2D eigenvalue weighted by atomic mass is 10.2. The number of anilines is 1. The maximum absolute atomic E-state index is 12.7. The van der Waals surface area contributed by atoms with Gasteiger partial charge < -0.3 is 14.4 Å². The average Bonchev–Trinajstić information content (AvgIpc) is 2.74. The summed E-state index contributed by atoms with van der Waals surface area (Å²) in [6.45, 7) is 2.25. The summed E-state index contributed by atoms with van der Waals surface area (Å²) in [7, 11) is 1.54. The number of amides is 1. The number of benzene rings is 1. The summed E-state index contributed by atoms with van der Waals surface area (Å²) in [4.78, 5) is 18.7. The molecule has 1 aliphatic rings. The van der Waals surface area contributed by atoms with Gasteiger partial charge in [0.05, 0.1) is 25.0 Å². The van der Waals surface area contributed by atoms with Crippen LogP contribution in [-0.4, -0.2) is 46.8 Å². The van der Waals surface area contributed by atoms with Crippen molar-refractivity contribution in [3.05, 3.63) is 41.0 Å². The molecule has 0 saturated heterocycles. The molecule has 138 valence electrons. The maximum atomic E-state index is 12.7. The van der Waals surface area contributed by atoms with E-state index < -0.39 is 11.0 Å². The van der Waals surface area contributed by atoms with Gasteiger partial charge in [-0.3, -0.25) is 9.52 Å². The van der Waals surface area contributed by atoms with Gasteiger partial charge in [0, 0.05) is 12.1 Å². The number of fused-ring (bicyclic) bond motifs is 1. The van der Waals surface area contributed by atoms with Crippen LogP contribution in [0.1, 0.15) is 17.3 Å². The number of methoxy groups -OCH3 is 1. The Hall–Kier alpha value is -2.32. The fourth-order valence-electron chi connectivity index (χ4n) is 2.44. The van der Waals surface area contributed by atoms with Crippen molar-refractivity contribution < 1.29 is 18.5 Å². The van der Waals surface area contributed by atoms with Crippen LogP contribution in [-0.2, 0) is 11.0 Å². The molecule has 2 heterocycles. The highest BCUT2D eigenvalue weighted by Gasteiger charge is 2.27. The quantitative estimate of drug-likeness (QED) is 0.860. The lowest BCUT2D eigenvalue weighted by Crippen LogP contribution is -2.36. The van der Waals surface area contributed by atoms with E-state index in [4.69, 9.17) is 21.1 Å². The molecular formula is C17H18ClN3O4S. The first-order valence-corrected chi connectivity index (χ1v) is 9.35. The van der Waals surface area contributed by atoms with Crippen LogP contribution in [0.5, 0.6) is 11.6 Å². The Morgan fingerprint density at radius 3 is 2.92 bits per heavy atom. The highest BCUT2D eigenvalue weighted by Crippen LogP contribution is 2.28. The minimum atomic E-state index is -1.65. The van der Waals surface area contributed by atoms with Gasteiger partial charge >= 0.3 is 0 Å². The van der Waals surface area contributed by atoms with E-state index in [2.05, 4.69) is 9.71 Å². The van der Waals surface area contributed by atoms with Crippen LogP contribution >= 0.6 is 11.6 Å². The van der Waals surface area contributed by atoms with E-state index in [-0.39, 0.29) is 17.8 Å². The molecule has 0 spiro atoms. The second-order valence-corrected chi connectivity index (χ2v) is 7.44. The molecule has 0 bridgehead atoms. The van der Waals surface area contributed by atoms with Crippen LogP contribution < -0.4 is 14.2 Å². The number of hydrogen-bond donors (Lipinski definition) is 1. The normalized spacial score (nSPS) is 17.8. The van der Waals surface area contributed by atoms with E-state index in [9.17, 15) is 9.00 Å². The van der Waals surface area contributed by atoms with Crippen LogP contribution in [0.15, 0.2) is 35.4 Å². The van der Waals surface area contributed by atoms with Crippen molar-refractivity contribution in [3.63, 3.8) is 0 Å². The highest BCUT2D eigenvalue weighted by molar-refractivity contribution is 7.86. The molecule has 3 rings (SSSR count). The first-order chi connectivity index (χ1) is 12.4. The monoisotopic (exact) mass is 395 g/mol. The van der Waals surface area contributed by atoms with E-state index in [1.54, 1.807) is 36.2 Å². The molecule has 0 aliphatic carbocycles. The number of pyridine rings is 1. The summed E-state index contributed by atoms with van der Waals surface area (Å²) in [5.41, 5.74) is 0.737. The molecule has 1 N–H and O–H groups in total. The largest absolute Gasteiger partial charge is 0.495 e. The van der Waals surface area contributed by atoms with Crippen molar-refractivity contribution in [2.45, 2.75) is 17.9 Å². The predicted octanol–water partition coefficient (Wildman–Crippen LogP) is 2.73. The number of halogens is 1. The molecule has 1 aromatic heterocycles. The lowest BCUT2D eigenvalue weighted by molar-refractivity contribution is 0.0732. The van der Waals surface area contributed by atoms with E-state index in [0.29, 0.717) is 33.5 Å². The van der Waals surface area contributed by atoms with Gasteiger partial charge in [-0.05, 0) is 31.2 Å². The Morgan fingerprint density at radius 2 is 2.19 bits per heavy atom. The van der Waals surface area contributed by atoms with Crippen molar-refractivity contribution in [2.24, 2.45) is 0 Å². The molecule has 7 nitrogen and oxygen atoms in total. The molecule has 0 saturated carbocycles. The molecule has 1 aromatic carbocycles. The summed E-state index contributed by atoms with van der Waals surface area (Å²) in [5.74, 6) is 0.506. The van der Waals surface area contributed by atoms with Crippen molar-refractivity contribution in [1.82, 2.24) is 9.88 Å². The molecule has 26 heavy (non-hydrogen) atoms. The zero-order valence-electron chi connectivity index (χ0n) is 14.5. The molecule has 9 heteroatoms. The van der Waals surface area contributed by atoms with Crippen LogP contribution in [0.25, 0.3) is 0 Å². The SMILES string of the molecule is COc1ccc(Cl)cc1S(=O)Nc1cnc2c(c1)C(=O)N(C)[C@H](C)CO2. The summed E-state index contributed by atoms with van der Waals surface area (Å²) in [6.07, 6.45) is 1.47. The minimum Gasteiger partial charge on any atom is -0.495 e. The van der Waals surface area contributed by atoms with Crippen molar-refractivity contribution in [1.29, 1.82) is 0 Å². The Bertz CT molecular complexity index is 877. The Balaban J connectivity index is 1.89. The van der Waals surface area contributed by atoms with Crippen LogP contribution in [0, 0.1) is 0 Å². The lowest BCUT2D eigenvalue weighted by Gasteiger charge is -2.20. The molecule has 2 aromatic rings. The number of carbonyl (C=O) groups excluding carboxylic acids is 1. The van der Waals surface area contributed by atoms with E-state index in [1.165, 1.54) is 13.3 Å². The number of aromatic nitrogens is 1. The maximum Gasteiger partial charge on any atom is 0.259 e. The fraction of sp³-hybridized carbons (Fsp3) is 0.294. The predicted molar refractivity (Wildman–Crippen MR) is 99.3 cm³/mol. The molecular weight excluding hydrogens is 378 g/mol. The smallest absolute Gasteiger partial charge is 0.259 e. The van der Waals surface area contributed by atoms with Crippen molar-refractivity contribution >= 4 is 34.2 Å². The van der Waals surface area contributed by atoms with E-state index >= 15 is 0 Å². The van der Waals surface area contributed by atoms with E-state index in [1.807, 2.05) is 6.92 Å². The van der Waals surface area contributed by atoms with Crippen LogP contribution in [0.2, 0.25) is 5.02 Å². The first-order valence-electron chi connectivity index (χ1n) is 7.82. The van der Waals surface area contributed by atoms with Gasteiger partial charge in [0.25, 0.3) is 5.91 Å². The van der Waals surface area contributed by atoms with Gasteiger partial charge in [0.15, 0.2) is 11.0 Å². The fourth-order valence-corrected chi connectivity index (χ4v) is 3.68. The van der Waals surface area contributed by atoms with Gasteiger partial charge in [-0.25, -0.2) is 9.19 Å². The number of rotatable bonds is 4. The van der Waals surface area contributed by atoms with Gasteiger partial charge in [0.2, 0.25) is 5.88 Å². The highest BCUT2D eigenvalue weighted by atomic mass is 35.5. The number of nitrogens with zero attached hydrogens (tertiary/aromatic N) is 2. The summed E-state index contributed by atoms with van der Waals surface area (Å²) < 4.78 is 26.3. The second-order valence-electron chi connectivity index (χ2n) is 5.82. The molecule has 0 fully saturated rings. The molecule has 1 aliphatic heterocycles. The summed E-state index contributed by atoms with van der Waals surface area (Å²) >= 11 is 5.99. The molecule has 0 radical (unpaired) electrons. The third-order valence-corrected chi connectivity index (χ3v) is 5.43. The molecule has 1 unspecified atom stereocenters. The van der Waals surface area contributed by atoms with Gasteiger partial charge in [0.1, 0.15) is 22.8 Å².